The number of aryl methyl sites for hydroxylation is 1. The molecule has 0 aliphatic heterocycles. The van der Waals surface area contributed by atoms with Crippen LogP contribution < -0.4 is 4.72 Å². The fourth-order valence-corrected chi connectivity index (χ4v) is 1.39. The minimum Gasteiger partial charge on any atom is -0.266 e. The van der Waals surface area contributed by atoms with Gasteiger partial charge in [-0.2, -0.15) is 8.78 Å². The van der Waals surface area contributed by atoms with Crippen molar-refractivity contribution in [3.8, 4) is 0 Å². The van der Waals surface area contributed by atoms with E-state index in [0.29, 0.717) is 5.56 Å². The molecule has 0 radical (unpaired) electrons. The summed E-state index contributed by atoms with van der Waals surface area (Å²) >= 11 is 0. The lowest BCUT2D eigenvalue weighted by atomic mass is 10.2. The van der Waals surface area contributed by atoms with E-state index in [0.717, 1.165) is 0 Å². The third kappa shape index (κ3) is 2.72. The van der Waals surface area contributed by atoms with Gasteiger partial charge in [0.25, 0.3) is 15.9 Å². The van der Waals surface area contributed by atoms with Crippen LogP contribution in [-0.2, 0) is 10.0 Å². The highest BCUT2D eigenvalue weighted by Crippen LogP contribution is 2.06. The van der Waals surface area contributed by atoms with Gasteiger partial charge >= 0.3 is 5.76 Å². The number of nitrogens with zero attached hydrogens (tertiary/aromatic N) is 1. The van der Waals surface area contributed by atoms with Crippen LogP contribution in [0.1, 0.15) is 16.1 Å². The maximum absolute atomic E-state index is 12.0. The van der Waals surface area contributed by atoms with E-state index in [1.807, 2.05) is 0 Å². The summed E-state index contributed by atoms with van der Waals surface area (Å²) in [5, 5.41) is 0. The lowest BCUT2D eigenvalue weighted by molar-refractivity contribution is 0.0971. The van der Waals surface area contributed by atoms with E-state index in [1.54, 1.807) is 0 Å². The molecule has 0 saturated heterocycles. The van der Waals surface area contributed by atoms with Gasteiger partial charge in [0.05, 0.1) is 0 Å². The zero-order chi connectivity index (χ0) is 12.3. The van der Waals surface area contributed by atoms with Crippen molar-refractivity contribution in [2.75, 3.05) is 0 Å². The minimum atomic E-state index is -4.94. The Hall–Kier alpha value is -1.57. The maximum atomic E-state index is 12.0. The molecule has 0 unspecified atom stereocenters. The molecule has 1 rings (SSSR count). The molecule has 8 heteroatoms. The SMILES string of the molecule is Cc1cccnc1C(=O)NS(=O)(=O)C(F)F. The summed E-state index contributed by atoms with van der Waals surface area (Å²) in [6, 6.07) is 3.05. The van der Waals surface area contributed by atoms with Crippen molar-refractivity contribution in [2.45, 2.75) is 12.7 Å². The van der Waals surface area contributed by atoms with Gasteiger partial charge in [-0.3, -0.25) is 9.78 Å². The molecule has 0 saturated carbocycles. The molecule has 0 bridgehead atoms. The Morgan fingerprint density at radius 1 is 1.50 bits per heavy atom. The van der Waals surface area contributed by atoms with Crippen LogP contribution in [-0.4, -0.2) is 25.1 Å². The molecule has 1 aromatic rings. The van der Waals surface area contributed by atoms with E-state index in [4.69, 9.17) is 0 Å². The quantitative estimate of drug-likeness (QED) is 0.855. The lowest BCUT2D eigenvalue weighted by Gasteiger charge is -2.06. The standard InChI is InChI=1S/C8H8F2N2O3S/c1-5-3-2-4-11-6(5)7(13)12-16(14,15)8(9)10/h2-4,8H,1H3,(H,12,13). The second kappa shape index (κ2) is 4.52. The van der Waals surface area contributed by atoms with E-state index >= 15 is 0 Å². The molecule has 1 amide bonds. The van der Waals surface area contributed by atoms with Crippen LogP contribution >= 0.6 is 0 Å². The van der Waals surface area contributed by atoms with E-state index in [1.165, 1.54) is 30.0 Å². The van der Waals surface area contributed by atoms with Crippen LogP contribution in [0.15, 0.2) is 18.3 Å². The molecular formula is C8H8F2N2O3S. The first kappa shape index (κ1) is 12.5. The molecule has 0 atom stereocenters. The van der Waals surface area contributed by atoms with Crippen molar-refractivity contribution in [2.24, 2.45) is 0 Å². The van der Waals surface area contributed by atoms with Gasteiger partial charge in [-0.25, -0.2) is 13.1 Å². The van der Waals surface area contributed by atoms with Crippen molar-refractivity contribution in [3.63, 3.8) is 0 Å². The number of aromatic nitrogens is 1. The van der Waals surface area contributed by atoms with Crippen LogP contribution in [0.5, 0.6) is 0 Å². The molecule has 5 nitrogen and oxygen atoms in total. The van der Waals surface area contributed by atoms with E-state index in [-0.39, 0.29) is 5.69 Å². The average molecular weight is 250 g/mol. The molecule has 0 aliphatic rings. The Morgan fingerprint density at radius 2 is 2.12 bits per heavy atom. The van der Waals surface area contributed by atoms with Crippen LogP contribution in [0.25, 0.3) is 0 Å². The minimum absolute atomic E-state index is 0.202. The van der Waals surface area contributed by atoms with Gasteiger partial charge in [0.15, 0.2) is 0 Å². The Kier molecular flexibility index (Phi) is 3.53. The number of hydrogen-bond acceptors (Lipinski definition) is 4. The molecule has 0 aromatic carbocycles. The monoisotopic (exact) mass is 250 g/mol. The van der Waals surface area contributed by atoms with Crippen molar-refractivity contribution >= 4 is 15.9 Å². The van der Waals surface area contributed by atoms with E-state index in [9.17, 15) is 22.0 Å². The number of amides is 1. The van der Waals surface area contributed by atoms with Gasteiger partial charge < -0.3 is 0 Å². The second-order valence-electron chi connectivity index (χ2n) is 2.91. The van der Waals surface area contributed by atoms with Crippen molar-refractivity contribution in [3.05, 3.63) is 29.6 Å². The van der Waals surface area contributed by atoms with Crippen LogP contribution in [0.4, 0.5) is 8.78 Å². The zero-order valence-electron chi connectivity index (χ0n) is 8.15. The number of alkyl halides is 2. The number of nitrogens with one attached hydrogen (secondary N) is 1. The number of pyridine rings is 1. The van der Waals surface area contributed by atoms with Crippen LogP contribution in [0, 0.1) is 6.92 Å². The molecule has 0 spiro atoms. The highest BCUT2D eigenvalue weighted by molar-refractivity contribution is 7.90. The molecule has 1 N–H and O–H groups in total. The Labute approximate surface area is 90.5 Å². The molecule has 0 fully saturated rings. The van der Waals surface area contributed by atoms with Crippen molar-refractivity contribution < 1.29 is 22.0 Å². The number of halogens is 2. The second-order valence-corrected chi connectivity index (χ2v) is 4.56. The Balaban J connectivity index is 2.94. The summed E-state index contributed by atoms with van der Waals surface area (Å²) in [5.41, 5.74) is 0.191. The predicted molar refractivity (Wildman–Crippen MR) is 51.4 cm³/mol. The molecular weight excluding hydrogens is 242 g/mol. The number of rotatable bonds is 3. The molecule has 16 heavy (non-hydrogen) atoms. The largest absolute Gasteiger partial charge is 0.355 e. The molecule has 1 aromatic heterocycles. The van der Waals surface area contributed by atoms with Crippen molar-refractivity contribution in [1.82, 2.24) is 9.71 Å². The summed E-state index contributed by atoms with van der Waals surface area (Å²) in [4.78, 5) is 14.9. The van der Waals surface area contributed by atoms with Crippen LogP contribution in [0.2, 0.25) is 0 Å². The highest BCUT2D eigenvalue weighted by atomic mass is 32.2. The Morgan fingerprint density at radius 3 is 2.62 bits per heavy atom. The van der Waals surface area contributed by atoms with Gasteiger partial charge in [0.1, 0.15) is 5.69 Å². The maximum Gasteiger partial charge on any atom is 0.355 e. The summed E-state index contributed by atoms with van der Waals surface area (Å²) in [6.45, 7) is 1.51. The third-order valence-corrected chi connectivity index (χ3v) is 2.63. The number of carbonyl (C=O) groups excluding carboxylic acids is 1. The first-order valence-corrected chi connectivity index (χ1v) is 5.65. The predicted octanol–water partition coefficient (Wildman–Crippen LogP) is 0.672. The summed E-state index contributed by atoms with van der Waals surface area (Å²) in [6.07, 6.45) is 1.26. The number of sulfonamides is 1. The van der Waals surface area contributed by atoms with Gasteiger partial charge in [-0.05, 0) is 18.6 Å². The first-order chi connectivity index (χ1) is 7.34. The first-order valence-electron chi connectivity index (χ1n) is 4.10. The Bertz CT molecular complexity index is 502. The highest BCUT2D eigenvalue weighted by Gasteiger charge is 2.27. The van der Waals surface area contributed by atoms with Gasteiger partial charge in [0.2, 0.25) is 0 Å². The number of carbonyl (C=O) groups is 1. The summed E-state index contributed by atoms with van der Waals surface area (Å²) in [7, 11) is -4.94. The fraction of sp³-hybridized carbons (Fsp3) is 0.250. The number of hydrogen-bond donors (Lipinski definition) is 1. The third-order valence-electron chi connectivity index (χ3n) is 1.69. The van der Waals surface area contributed by atoms with Gasteiger partial charge in [-0.1, -0.05) is 6.07 Å². The van der Waals surface area contributed by atoms with Gasteiger partial charge in [-0.15, -0.1) is 0 Å². The van der Waals surface area contributed by atoms with E-state index in [2.05, 4.69) is 4.98 Å². The fourth-order valence-electron chi connectivity index (χ4n) is 0.945. The zero-order valence-corrected chi connectivity index (χ0v) is 8.96. The molecule has 1 heterocycles. The van der Waals surface area contributed by atoms with E-state index < -0.39 is 21.7 Å². The smallest absolute Gasteiger partial charge is 0.266 e. The lowest BCUT2D eigenvalue weighted by Crippen LogP contribution is -2.35. The van der Waals surface area contributed by atoms with Crippen LogP contribution in [0.3, 0.4) is 0 Å². The van der Waals surface area contributed by atoms with Gasteiger partial charge in [0, 0.05) is 6.20 Å². The normalized spacial score (nSPS) is 11.5. The summed E-state index contributed by atoms with van der Waals surface area (Å²) < 4.78 is 46.6. The molecule has 88 valence electrons. The van der Waals surface area contributed by atoms with Crippen molar-refractivity contribution in [1.29, 1.82) is 0 Å². The summed E-state index contributed by atoms with van der Waals surface area (Å²) in [5.74, 6) is -4.82. The topological polar surface area (TPSA) is 76.1 Å². The average Bonchev–Trinajstić information content (AvgIpc) is 2.17. The molecule has 0 aliphatic carbocycles.